The molecule has 0 radical (unpaired) electrons. The minimum Gasteiger partial charge on any atom is -0.508 e. The van der Waals surface area contributed by atoms with Crippen molar-refractivity contribution in [2.45, 2.75) is 26.7 Å². The first-order valence-corrected chi connectivity index (χ1v) is 6.27. The molecule has 0 saturated carbocycles. The fourth-order valence-corrected chi connectivity index (χ4v) is 2.37. The van der Waals surface area contributed by atoms with Crippen molar-refractivity contribution in [1.82, 2.24) is 4.90 Å². The molecule has 1 aliphatic rings. The van der Waals surface area contributed by atoms with Crippen molar-refractivity contribution in [3.05, 3.63) is 29.1 Å². The van der Waals surface area contributed by atoms with Crippen LogP contribution in [0.3, 0.4) is 0 Å². The molecule has 3 nitrogen and oxygen atoms in total. The van der Waals surface area contributed by atoms with Gasteiger partial charge in [-0.15, -0.1) is 0 Å². The number of phenolic OH excluding ortho intramolecular Hbond substituents is 1. The van der Waals surface area contributed by atoms with E-state index in [1.54, 1.807) is 11.8 Å². The Morgan fingerprint density at radius 2 is 2.22 bits per heavy atom. The predicted octanol–water partition coefficient (Wildman–Crippen LogP) is 2.71. The van der Waals surface area contributed by atoms with Crippen molar-refractivity contribution >= 4 is 5.91 Å². The Morgan fingerprint density at radius 1 is 1.50 bits per heavy atom. The highest BCUT2D eigenvalue weighted by atomic mass is 19.1. The molecular formula is C14H18FNO2. The molecule has 1 aliphatic heterocycles. The van der Waals surface area contributed by atoms with E-state index in [2.05, 4.69) is 6.92 Å². The van der Waals surface area contributed by atoms with Gasteiger partial charge < -0.3 is 10.0 Å². The van der Waals surface area contributed by atoms with Crippen LogP contribution in [-0.4, -0.2) is 29.0 Å². The largest absolute Gasteiger partial charge is 0.508 e. The molecular weight excluding hydrogens is 233 g/mol. The maximum atomic E-state index is 13.8. The molecule has 1 aromatic rings. The Balaban J connectivity index is 2.25. The fraction of sp³-hybridized carbons (Fsp3) is 0.500. The van der Waals surface area contributed by atoms with Crippen molar-refractivity contribution < 1.29 is 14.3 Å². The van der Waals surface area contributed by atoms with Crippen LogP contribution in [0.1, 0.15) is 35.7 Å². The number of halogens is 1. The van der Waals surface area contributed by atoms with Crippen LogP contribution in [0.2, 0.25) is 0 Å². The number of benzene rings is 1. The standard InChI is InChI=1S/C14H18FNO2/c1-9-4-3-5-16(8-9)14(18)11-7-13(17)10(2)6-12(11)15/h6-7,9,17H,3-5,8H2,1-2H3. The molecule has 1 heterocycles. The third-order valence-electron chi connectivity index (χ3n) is 3.46. The van der Waals surface area contributed by atoms with Crippen LogP contribution in [0.5, 0.6) is 5.75 Å². The monoisotopic (exact) mass is 251 g/mol. The van der Waals surface area contributed by atoms with Gasteiger partial charge in [-0.05, 0) is 43.4 Å². The van der Waals surface area contributed by atoms with Gasteiger partial charge in [-0.25, -0.2) is 4.39 Å². The molecule has 2 rings (SSSR count). The number of nitrogens with zero attached hydrogens (tertiary/aromatic N) is 1. The van der Waals surface area contributed by atoms with Gasteiger partial charge in [0.05, 0.1) is 5.56 Å². The van der Waals surface area contributed by atoms with E-state index in [9.17, 15) is 14.3 Å². The van der Waals surface area contributed by atoms with E-state index in [-0.39, 0.29) is 17.2 Å². The van der Waals surface area contributed by atoms with Crippen molar-refractivity contribution in [3.63, 3.8) is 0 Å². The number of hydrogen-bond acceptors (Lipinski definition) is 2. The molecule has 1 atom stereocenters. The van der Waals surface area contributed by atoms with Gasteiger partial charge in [0, 0.05) is 13.1 Å². The lowest BCUT2D eigenvalue weighted by molar-refractivity contribution is 0.0678. The molecule has 1 amide bonds. The molecule has 18 heavy (non-hydrogen) atoms. The van der Waals surface area contributed by atoms with E-state index in [1.165, 1.54) is 12.1 Å². The molecule has 1 N–H and O–H groups in total. The molecule has 1 unspecified atom stereocenters. The van der Waals surface area contributed by atoms with E-state index >= 15 is 0 Å². The number of carbonyl (C=O) groups excluding carboxylic acids is 1. The van der Waals surface area contributed by atoms with Gasteiger partial charge in [0.15, 0.2) is 0 Å². The molecule has 4 heteroatoms. The molecule has 1 fully saturated rings. The van der Waals surface area contributed by atoms with Crippen LogP contribution in [0.25, 0.3) is 0 Å². The Hall–Kier alpha value is -1.58. The SMILES string of the molecule is Cc1cc(F)c(C(=O)N2CCCC(C)C2)cc1O. The summed E-state index contributed by atoms with van der Waals surface area (Å²) in [7, 11) is 0. The summed E-state index contributed by atoms with van der Waals surface area (Å²) in [6.45, 7) is 5.02. The second-order valence-electron chi connectivity index (χ2n) is 5.12. The summed E-state index contributed by atoms with van der Waals surface area (Å²) in [5.74, 6) is -0.475. The molecule has 0 aromatic heterocycles. The number of carbonyl (C=O) groups is 1. The minimum atomic E-state index is -0.562. The number of aryl methyl sites for hydroxylation is 1. The Bertz CT molecular complexity index is 473. The second-order valence-corrected chi connectivity index (χ2v) is 5.12. The molecule has 98 valence electrons. The predicted molar refractivity (Wildman–Crippen MR) is 67.1 cm³/mol. The zero-order valence-corrected chi connectivity index (χ0v) is 10.7. The highest BCUT2D eigenvalue weighted by Gasteiger charge is 2.24. The smallest absolute Gasteiger partial charge is 0.256 e. The van der Waals surface area contributed by atoms with Crippen molar-refractivity contribution in [2.24, 2.45) is 5.92 Å². The average molecular weight is 251 g/mol. The zero-order chi connectivity index (χ0) is 13.3. The Kier molecular flexibility index (Phi) is 3.55. The summed E-state index contributed by atoms with van der Waals surface area (Å²) in [5, 5.41) is 9.59. The molecule has 0 spiro atoms. The summed E-state index contributed by atoms with van der Waals surface area (Å²) >= 11 is 0. The second kappa shape index (κ2) is 4.96. The lowest BCUT2D eigenvalue weighted by Crippen LogP contribution is -2.39. The van der Waals surface area contributed by atoms with E-state index in [4.69, 9.17) is 0 Å². The lowest BCUT2D eigenvalue weighted by Gasteiger charge is -2.31. The highest BCUT2D eigenvalue weighted by molar-refractivity contribution is 5.95. The summed E-state index contributed by atoms with van der Waals surface area (Å²) in [4.78, 5) is 13.9. The van der Waals surface area contributed by atoms with Crippen LogP contribution in [0, 0.1) is 18.7 Å². The number of rotatable bonds is 1. The van der Waals surface area contributed by atoms with E-state index < -0.39 is 5.82 Å². The molecule has 1 aromatic carbocycles. The van der Waals surface area contributed by atoms with Crippen LogP contribution in [-0.2, 0) is 0 Å². The van der Waals surface area contributed by atoms with Crippen molar-refractivity contribution in [1.29, 1.82) is 0 Å². The Morgan fingerprint density at radius 3 is 2.89 bits per heavy atom. The Labute approximate surface area is 106 Å². The lowest BCUT2D eigenvalue weighted by atomic mass is 9.99. The van der Waals surface area contributed by atoms with Gasteiger partial charge in [-0.3, -0.25) is 4.79 Å². The molecule has 1 saturated heterocycles. The average Bonchev–Trinajstić information content (AvgIpc) is 2.33. The summed E-state index contributed by atoms with van der Waals surface area (Å²) in [5.41, 5.74) is 0.406. The van der Waals surface area contributed by atoms with Crippen LogP contribution >= 0.6 is 0 Å². The van der Waals surface area contributed by atoms with Gasteiger partial charge in [0.2, 0.25) is 0 Å². The first kappa shape index (κ1) is 12.9. The van der Waals surface area contributed by atoms with E-state index in [0.717, 1.165) is 12.8 Å². The topological polar surface area (TPSA) is 40.5 Å². The zero-order valence-electron chi connectivity index (χ0n) is 10.7. The fourth-order valence-electron chi connectivity index (χ4n) is 2.37. The van der Waals surface area contributed by atoms with Crippen LogP contribution < -0.4 is 0 Å². The maximum Gasteiger partial charge on any atom is 0.256 e. The molecule has 0 aliphatic carbocycles. The number of piperidine rings is 1. The molecule has 0 bridgehead atoms. The van der Waals surface area contributed by atoms with Gasteiger partial charge in [-0.2, -0.15) is 0 Å². The number of amides is 1. The summed E-state index contributed by atoms with van der Waals surface area (Å²) < 4.78 is 13.8. The summed E-state index contributed by atoms with van der Waals surface area (Å²) in [6, 6.07) is 2.43. The third-order valence-corrected chi connectivity index (χ3v) is 3.46. The van der Waals surface area contributed by atoms with Crippen molar-refractivity contribution in [2.75, 3.05) is 13.1 Å². The van der Waals surface area contributed by atoms with Crippen molar-refractivity contribution in [3.8, 4) is 5.75 Å². The van der Waals surface area contributed by atoms with E-state index in [0.29, 0.717) is 24.6 Å². The van der Waals surface area contributed by atoms with E-state index in [1.807, 2.05) is 0 Å². The number of phenols is 1. The van der Waals surface area contributed by atoms with Gasteiger partial charge in [0.25, 0.3) is 5.91 Å². The maximum absolute atomic E-state index is 13.8. The van der Waals surface area contributed by atoms with Gasteiger partial charge in [0.1, 0.15) is 11.6 Å². The quantitative estimate of drug-likeness (QED) is 0.833. The van der Waals surface area contributed by atoms with Crippen LogP contribution in [0.15, 0.2) is 12.1 Å². The first-order chi connectivity index (χ1) is 8.49. The normalized spacial score (nSPS) is 19.9. The minimum absolute atomic E-state index is 0.0350. The van der Waals surface area contributed by atoms with Gasteiger partial charge in [-0.1, -0.05) is 6.92 Å². The number of likely N-dealkylation sites (tertiary alicyclic amines) is 1. The number of hydrogen-bond donors (Lipinski definition) is 1. The van der Waals surface area contributed by atoms with Crippen LogP contribution in [0.4, 0.5) is 4.39 Å². The summed E-state index contributed by atoms with van der Waals surface area (Å²) in [6.07, 6.45) is 2.05. The van der Waals surface area contributed by atoms with Gasteiger partial charge >= 0.3 is 0 Å². The highest BCUT2D eigenvalue weighted by Crippen LogP contribution is 2.24. The number of aromatic hydroxyl groups is 1. The first-order valence-electron chi connectivity index (χ1n) is 6.27. The third kappa shape index (κ3) is 2.47.